The molecule has 0 aliphatic carbocycles. The molecule has 0 aliphatic heterocycles. The summed E-state index contributed by atoms with van der Waals surface area (Å²) in [5.41, 5.74) is 4.21. The number of nitrogens with one attached hydrogen (secondary N) is 2. The molecule has 0 fully saturated rings. The number of carbonyl (C=O) groups excluding carboxylic acids is 2. The summed E-state index contributed by atoms with van der Waals surface area (Å²) < 4.78 is 10.7. The van der Waals surface area contributed by atoms with Crippen molar-refractivity contribution in [1.29, 1.82) is 0 Å². The number of nitrogens with two attached hydrogens (primary N) is 2. The second-order valence-electron chi connectivity index (χ2n) is 3.99. The Labute approximate surface area is 127 Å². The van der Waals surface area contributed by atoms with Gasteiger partial charge < -0.3 is 9.47 Å². The van der Waals surface area contributed by atoms with Gasteiger partial charge in [-0.05, 0) is 12.1 Å². The quantitative estimate of drug-likeness (QED) is 0.232. The molecule has 8 nitrogen and oxygen atoms in total. The lowest BCUT2D eigenvalue weighted by atomic mass is 10.1. The Balaban J connectivity index is 3.40. The highest BCUT2D eigenvalue weighted by Crippen LogP contribution is 2.29. The van der Waals surface area contributed by atoms with Crippen molar-refractivity contribution < 1.29 is 19.1 Å². The summed E-state index contributed by atoms with van der Waals surface area (Å²) in [6, 6.07) is 2.68. The normalized spacial score (nSPS) is 9.55. The van der Waals surface area contributed by atoms with Gasteiger partial charge in [-0.2, -0.15) is 0 Å². The second kappa shape index (κ2) is 8.45. The zero-order valence-electron chi connectivity index (χ0n) is 11.9. The Morgan fingerprint density at radius 2 is 1.32 bits per heavy atom. The highest BCUT2D eigenvalue weighted by Gasteiger charge is 2.20. The van der Waals surface area contributed by atoms with Crippen LogP contribution in [0.1, 0.15) is 20.7 Å². The Morgan fingerprint density at radius 1 is 0.955 bits per heavy atom. The molecule has 0 aliphatic rings. The average molecular weight is 306 g/mol. The van der Waals surface area contributed by atoms with Crippen molar-refractivity contribution in [3.05, 3.63) is 48.6 Å². The third kappa shape index (κ3) is 4.08. The van der Waals surface area contributed by atoms with Gasteiger partial charge in [-0.3, -0.25) is 20.4 Å². The fraction of sp³-hybridized carbons (Fsp3) is 0.143. The lowest BCUT2D eigenvalue weighted by Gasteiger charge is -2.15. The second-order valence-corrected chi connectivity index (χ2v) is 3.99. The SMILES string of the molecule is C=CCOc1cc(C(=O)NN)c(OCC=C)cc1C(=O)NN. The van der Waals surface area contributed by atoms with Crippen LogP contribution >= 0.6 is 0 Å². The summed E-state index contributed by atoms with van der Waals surface area (Å²) in [5.74, 6) is 9.39. The maximum Gasteiger partial charge on any atom is 0.269 e. The van der Waals surface area contributed by atoms with E-state index in [1.165, 1.54) is 24.3 Å². The van der Waals surface area contributed by atoms with Crippen LogP contribution in [0.25, 0.3) is 0 Å². The Hall–Kier alpha value is -2.84. The molecule has 1 aromatic rings. The zero-order chi connectivity index (χ0) is 16.5. The standard InChI is InChI=1S/C14H18N4O4/c1-3-5-21-11-7-10(14(20)18-16)12(22-6-4-2)8-9(11)13(19)17-15/h3-4,7-8H,1-2,5-6,15-16H2,(H,17,19)(H,18,20). The van der Waals surface area contributed by atoms with Crippen molar-refractivity contribution in [3.63, 3.8) is 0 Å². The van der Waals surface area contributed by atoms with Crippen LogP contribution in [-0.4, -0.2) is 25.0 Å². The van der Waals surface area contributed by atoms with E-state index in [4.69, 9.17) is 21.2 Å². The molecule has 0 saturated heterocycles. The first-order valence-corrected chi connectivity index (χ1v) is 6.26. The monoisotopic (exact) mass is 306 g/mol. The van der Waals surface area contributed by atoms with E-state index in [1.54, 1.807) is 0 Å². The van der Waals surface area contributed by atoms with E-state index in [2.05, 4.69) is 13.2 Å². The molecule has 0 unspecified atom stereocenters. The summed E-state index contributed by atoms with van der Waals surface area (Å²) in [6.07, 6.45) is 2.99. The molecule has 1 rings (SSSR count). The number of rotatable bonds is 8. The molecule has 1 aromatic carbocycles. The van der Waals surface area contributed by atoms with Gasteiger partial charge in [0.25, 0.3) is 11.8 Å². The molecule has 8 heteroatoms. The van der Waals surface area contributed by atoms with Crippen LogP contribution in [0.15, 0.2) is 37.4 Å². The van der Waals surface area contributed by atoms with Gasteiger partial charge in [0, 0.05) is 0 Å². The fourth-order valence-corrected chi connectivity index (χ4v) is 1.61. The van der Waals surface area contributed by atoms with E-state index in [9.17, 15) is 9.59 Å². The Bertz CT molecular complexity index is 535. The predicted octanol–water partition coefficient (Wildman–Crippen LogP) is 0.0232. The van der Waals surface area contributed by atoms with Crippen molar-refractivity contribution in [3.8, 4) is 11.5 Å². The lowest BCUT2D eigenvalue weighted by molar-refractivity contribution is 0.0935. The number of benzene rings is 1. The van der Waals surface area contributed by atoms with Gasteiger partial charge in [0.2, 0.25) is 0 Å². The molecule has 0 bridgehead atoms. The fourth-order valence-electron chi connectivity index (χ4n) is 1.61. The van der Waals surface area contributed by atoms with E-state index in [-0.39, 0.29) is 35.8 Å². The first-order chi connectivity index (χ1) is 10.6. The van der Waals surface area contributed by atoms with Crippen LogP contribution in [0.3, 0.4) is 0 Å². The molecule has 0 radical (unpaired) electrons. The summed E-state index contributed by atoms with van der Waals surface area (Å²) in [4.78, 5) is 23.7. The molecule has 22 heavy (non-hydrogen) atoms. The Kier molecular flexibility index (Phi) is 6.61. The van der Waals surface area contributed by atoms with Crippen LogP contribution in [-0.2, 0) is 0 Å². The van der Waals surface area contributed by atoms with Gasteiger partial charge in [0.1, 0.15) is 24.7 Å². The number of hydrogen-bond acceptors (Lipinski definition) is 6. The molecule has 6 N–H and O–H groups in total. The molecule has 0 aromatic heterocycles. The van der Waals surface area contributed by atoms with Crippen LogP contribution in [0.2, 0.25) is 0 Å². The zero-order valence-corrected chi connectivity index (χ0v) is 11.9. The average Bonchev–Trinajstić information content (AvgIpc) is 2.56. The summed E-state index contributed by atoms with van der Waals surface area (Å²) in [7, 11) is 0. The summed E-state index contributed by atoms with van der Waals surface area (Å²) in [5, 5.41) is 0. The smallest absolute Gasteiger partial charge is 0.269 e. The van der Waals surface area contributed by atoms with Gasteiger partial charge in [0.05, 0.1) is 11.1 Å². The minimum absolute atomic E-state index is 0.108. The molecule has 0 saturated carbocycles. The molecular weight excluding hydrogens is 288 g/mol. The van der Waals surface area contributed by atoms with E-state index < -0.39 is 11.8 Å². The highest BCUT2D eigenvalue weighted by atomic mass is 16.5. The number of ether oxygens (including phenoxy) is 2. The first kappa shape index (κ1) is 17.2. The maximum atomic E-state index is 11.8. The van der Waals surface area contributed by atoms with Crippen LogP contribution in [0, 0.1) is 0 Å². The number of amides is 2. The highest BCUT2D eigenvalue weighted by molar-refractivity contribution is 6.02. The van der Waals surface area contributed by atoms with Gasteiger partial charge in [0.15, 0.2) is 0 Å². The van der Waals surface area contributed by atoms with E-state index in [0.717, 1.165) is 0 Å². The van der Waals surface area contributed by atoms with Crippen LogP contribution in [0.5, 0.6) is 11.5 Å². The Morgan fingerprint density at radius 3 is 1.59 bits per heavy atom. The minimum atomic E-state index is -0.595. The van der Waals surface area contributed by atoms with E-state index >= 15 is 0 Å². The molecule has 118 valence electrons. The largest absolute Gasteiger partial charge is 0.489 e. The summed E-state index contributed by atoms with van der Waals surface area (Å²) >= 11 is 0. The van der Waals surface area contributed by atoms with Crippen molar-refractivity contribution >= 4 is 11.8 Å². The third-order valence-electron chi connectivity index (χ3n) is 2.55. The van der Waals surface area contributed by atoms with Crippen molar-refractivity contribution in [2.24, 2.45) is 11.7 Å². The lowest BCUT2D eigenvalue weighted by Crippen LogP contribution is -2.32. The summed E-state index contributed by atoms with van der Waals surface area (Å²) in [6.45, 7) is 7.31. The predicted molar refractivity (Wildman–Crippen MR) is 81.1 cm³/mol. The van der Waals surface area contributed by atoms with Crippen LogP contribution in [0.4, 0.5) is 0 Å². The molecule has 0 atom stereocenters. The van der Waals surface area contributed by atoms with Gasteiger partial charge >= 0.3 is 0 Å². The topological polar surface area (TPSA) is 129 Å². The van der Waals surface area contributed by atoms with Gasteiger partial charge in [-0.25, -0.2) is 11.7 Å². The number of carbonyl (C=O) groups is 2. The van der Waals surface area contributed by atoms with Crippen LogP contribution < -0.4 is 32.0 Å². The van der Waals surface area contributed by atoms with Crippen molar-refractivity contribution in [2.45, 2.75) is 0 Å². The third-order valence-corrected chi connectivity index (χ3v) is 2.55. The maximum absolute atomic E-state index is 11.8. The molecule has 2 amide bonds. The van der Waals surface area contributed by atoms with Gasteiger partial charge in [-0.1, -0.05) is 25.3 Å². The van der Waals surface area contributed by atoms with Crippen molar-refractivity contribution in [1.82, 2.24) is 10.9 Å². The van der Waals surface area contributed by atoms with Gasteiger partial charge in [-0.15, -0.1) is 0 Å². The van der Waals surface area contributed by atoms with Crippen molar-refractivity contribution in [2.75, 3.05) is 13.2 Å². The first-order valence-electron chi connectivity index (χ1n) is 6.26. The molecular formula is C14H18N4O4. The number of hydrazine groups is 2. The molecule has 0 heterocycles. The van der Waals surface area contributed by atoms with E-state index in [1.807, 2.05) is 10.9 Å². The number of hydrogen-bond donors (Lipinski definition) is 4. The molecule has 0 spiro atoms. The van der Waals surface area contributed by atoms with E-state index in [0.29, 0.717) is 0 Å². The number of nitrogen functional groups attached to an aromatic ring is 2. The minimum Gasteiger partial charge on any atom is -0.489 e.